The van der Waals surface area contributed by atoms with Gasteiger partial charge in [0, 0.05) is 39.3 Å². The average Bonchev–Trinajstić information content (AvgIpc) is 3.33. The molecule has 1 unspecified atom stereocenters. The van der Waals surface area contributed by atoms with Crippen molar-refractivity contribution in [3.05, 3.63) is 71.3 Å². The number of aliphatic imine (C=N–C) groups is 1. The minimum Gasteiger partial charge on any atom is -0.381 e. The van der Waals surface area contributed by atoms with Gasteiger partial charge >= 0.3 is 0 Å². The molecule has 6 heteroatoms. The van der Waals surface area contributed by atoms with Crippen LogP contribution in [0.1, 0.15) is 29.5 Å². The van der Waals surface area contributed by atoms with E-state index in [0.717, 1.165) is 58.3 Å². The van der Waals surface area contributed by atoms with Crippen molar-refractivity contribution in [3.8, 4) is 0 Å². The van der Waals surface area contributed by atoms with E-state index in [-0.39, 0.29) is 0 Å². The maximum Gasteiger partial charge on any atom is 0.191 e. The predicted molar refractivity (Wildman–Crippen MR) is 124 cm³/mol. The number of rotatable bonds is 12. The standard InChI is InChI=1S/C25H35N3O3/c1-26-25(27-13-5-14-29-19-24-12-15-30-20-24)28-16-21-8-10-23(11-9-21)18-31-17-22-6-3-2-4-7-22/h2-4,6-11,24H,5,12-20H2,1H3,(H2,26,27,28). The zero-order chi connectivity index (χ0) is 21.6. The lowest BCUT2D eigenvalue weighted by molar-refractivity contribution is 0.0888. The van der Waals surface area contributed by atoms with E-state index in [1.807, 2.05) is 18.2 Å². The molecule has 2 N–H and O–H groups in total. The normalized spacial score (nSPS) is 16.4. The highest BCUT2D eigenvalue weighted by Gasteiger charge is 2.15. The Balaban J connectivity index is 1.26. The van der Waals surface area contributed by atoms with Crippen molar-refractivity contribution in [2.75, 3.05) is 40.0 Å². The van der Waals surface area contributed by atoms with Gasteiger partial charge in [-0.15, -0.1) is 0 Å². The van der Waals surface area contributed by atoms with Gasteiger partial charge in [0.1, 0.15) is 0 Å². The van der Waals surface area contributed by atoms with E-state index in [9.17, 15) is 0 Å². The van der Waals surface area contributed by atoms with E-state index in [1.165, 1.54) is 16.7 Å². The van der Waals surface area contributed by atoms with Crippen molar-refractivity contribution in [3.63, 3.8) is 0 Å². The van der Waals surface area contributed by atoms with Crippen LogP contribution in [0, 0.1) is 5.92 Å². The summed E-state index contributed by atoms with van der Waals surface area (Å²) in [5.74, 6) is 1.38. The lowest BCUT2D eigenvalue weighted by Gasteiger charge is -2.13. The summed E-state index contributed by atoms with van der Waals surface area (Å²) in [7, 11) is 1.79. The van der Waals surface area contributed by atoms with Gasteiger partial charge in [-0.05, 0) is 29.5 Å². The average molecular weight is 426 g/mol. The van der Waals surface area contributed by atoms with Crippen LogP contribution < -0.4 is 10.6 Å². The summed E-state index contributed by atoms with van der Waals surface area (Å²) in [5.41, 5.74) is 3.57. The summed E-state index contributed by atoms with van der Waals surface area (Å²) in [5, 5.41) is 6.69. The Morgan fingerprint density at radius 1 is 0.968 bits per heavy atom. The lowest BCUT2D eigenvalue weighted by atomic mass is 10.1. The third-order valence-electron chi connectivity index (χ3n) is 5.22. The topological polar surface area (TPSA) is 64.1 Å². The second kappa shape index (κ2) is 13.8. The molecule has 1 saturated heterocycles. The van der Waals surface area contributed by atoms with E-state index >= 15 is 0 Å². The van der Waals surface area contributed by atoms with Gasteiger partial charge in [0.2, 0.25) is 0 Å². The molecule has 168 valence electrons. The predicted octanol–water partition coefficient (Wildman–Crippen LogP) is 3.51. The first-order chi connectivity index (χ1) is 15.3. The third kappa shape index (κ3) is 9.09. The van der Waals surface area contributed by atoms with Gasteiger partial charge in [-0.25, -0.2) is 0 Å². The van der Waals surface area contributed by atoms with Crippen LogP contribution in [0.5, 0.6) is 0 Å². The molecule has 0 amide bonds. The molecular weight excluding hydrogens is 390 g/mol. The smallest absolute Gasteiger partial charge is 0.191 e. The van der Waals surface area contributed by atoms with E-state index < -0.39 is 0 Å². The van der Waals surface area contributed by atoms with E-state index in [0.29, 0.717) is 19.1 Å². The number of benzene rings is 2. The maximum atomic E-state index is 5.80. The number of ether oxygens (including phenoxy) is 3. The first-order valence-electron chi connectivity index (χ1n) is 11.1. The monoisotopic (exact) mass is 425 g/mol. The largest absolute Gasteiger partial charge is 0.381 e. The summed E-state index contributed by atoms with van der Waals surface area (Å²) >= 11 is 0. The highest BCUT2D eigenvalue weighted by Crippen LogP contribution is 2.12. The van der Waals surface area contributed by atoms with Gasteiger partial charge in [-0.3, -0.25) is 4.99 Å². The Morgan fingerprint density at radius 3 is 2.42 bits per heavy atom. The second-order valence-corrected chi connectivity index (χ2v) is 7.81. The van der Waals surface area contributed by atoms with Crippen molar-refractivity contribution in [2.24, 2.45) is 10.9 Å². The van der Waals surface area contributed by atoms with Crippen molar-refractivity contribution in [2.45, 2.75) is 32.6 Å². The Hall–Kier alpha value is -2.41. The van der Waals surface area contributed by atoms with Crippen LogP contribution in [0.3, 0.4) is 0 Å². The van der Waals surface area contributed by atoms with Gasteiger partial charge in [0.05, 0.1) is 26.4 Å². The molecule has 0 spiro atoms. The Kier molecular flexibility index (Phi) is 10.4. The zero-order valence-corrected chi connectivity index (χ0v) is 18.5. The molecule has 0 bridgehead atoms. The molecule has 0 radical (unpaired) electrons. The molecule has 1 heterocycles. The minimum absolute atomic E-state index is 0.573. The van der Waals surface area contributed by atoms with Crippen LogP contribution in [0.2, 0.25) is 0 Å². The number of nitrogens with zero attached hydrogens (tertiary/aromatic N) is 1. The molecule has 1 atom stereocenters. The number of hydrogen-bond acceptors (Lipinski definition) is 4. The summed E-state index contributed by atoms with van der Waals surface area (Å²) in [6.45, 7) is 6.09. The van der Waals surface area contributed by atoms with Gasteiger partial charge in [-0.2, -0.15) is 0 Å². The zero-order valence-electron chi connectivity index (χ0n) is 18.5. The second-order valence-electron chi connectivity index (χ2n) is 7.81. The van der Waals surface area contributed by atoms with Gasteiger partial charge in [-0.1, -0.05) is 54.6 Å². The molecule has 31 heavy (non-hydrogen) atoms. The molecule has 0 aliphatic carbocycles. The molecule has 1 fully saturated rings. The summed E-state index contributed by atoms with van der Waals surface area (Å²) < 4.78 is 16.9. The first kappa shape index (κ1) is 23.3. The van der Waals surface area contributed by atoms with Crippen LogP contribution in [0.4, 0.5) is 0 Å². The van der Waals surface area contributed by atoms with Crippen molar-refractivity contribution in [1.29, 1.82) is 0 Å². The van der Waals surface area contributed by atoms with Gasteiger partial charge in [0.15, 0.2) is 5.96 Å². The molecule has 3 rings (SSSR count). The number of hydrogen-bond donors (Lipinski definition) is 2. The van der Waals surface area contributed by atoms with Crippen molar-refractivity contribution < 1.29 is 14.2 Å². The molecule has 1 aliphatic rings. The molecular formula is C25H35N3O3. The van der Waals surface area contributed by atoms with Crippen LogP contribution in [0.15, 0.2) is 59.6 Å². The van der Waals surface area contributed by atoms with E-state index in [2.05, 4.69) is 52.0 Å². The van der Waals surface area contributed by atoms with E-state index in [1.54, 1.807) is 7.05 Å². The molecule has 6 nitrogen and oxygen atoms in total. The fourth-order valence-electron chi connectivity index (χ4n) is 3.37. The number of guanidine groups is 1. The molecule has 2 aromatic rings. The van der Waals surface area contributed by atoms with Crippen molar-refractivity contribution >= 4 is 5.96 Å². The maximum absolute atomic E-state index is 5.80. The Bertz CT molecular complexity index is 759. The van der Waals surface area contributed by atoms with Gasteiger partial charge < -0.3 is 24.8 Å². The quantitative estimate of drug-likeness (QED) is 0.310. The highest BCUT2D eigenvalue weighted by molar-refractivity contribution is 5.79. The van der Waals surface area contributed by atoms with Crippen LogP contribution in [-0.4, -0.2) is 46.0 Å². The molecule has 0 saturated carbocycles. The molecule has 2 aromatic carbocycles. The molecule has 0 aromatic heterocycles. The van der Waals surface area contributed by atoms with Crippen LogP contribution in [-0.2, 0) is 34.0 Å². The van der Waals surface area contributed by atoms with Crippen LogP contribution >= 0.6 is 0 Å². The minimum atomic E-state index is 0.573. The summed E-state index contributed by atoms with van der Waals surface area (Å²) in [6, 6.07) is 18.7. The third-order valence-corrected chi connectivity index (χ3v) is 5.22. The van der Waals surface area contributed by atoms with Crippen molar-refractivity contribution in [1.82, 2.24) is 10.6 Å². The van der Waals surface area contributed by atoms with Gasteiger partial charge in [0.25, 0.3) is 0 Å². The fourth-order valence-corrected chi connectivity index (χ4v) is 3.37. The highest BCUT2D eigenvalue weighted by atomic mass is 16.5. The Labute approximate surface area is 186 Å². The summed E-state index contributed by atoms with van der Waals surface area (Å²) in [6.07, 6.45) is 2.07. The molecule has 1 aliphatic heterocycles. The Morgan fingerprint density at radius 2 is 1.71 bits per heavy atom. The summed E-state index contributed by atoms with van der Waals surface area (Å²) in [4.78, 5) is 4.29. The number of nitrogens with one attached hydrogen (secondary N) is 2. The SMILES string of the molecule is CN=C(NCCCOCC1CCOC1)NCc1ccc(COCc2ccccc2)cc1. The fraction of sp³-hybridized carbons (Fsp3) is 0.480. The lowest BCUT2D eigenvalue weighted by Crippen LogP contribution is -2.37. The first-order valence-corrected chi connectivity index (χ1v) is 11.1. The van der Waals surface area contributed by atoms with Crippen LogP contribution in [0.25, 0.3) is 0 Å². The van der Waals surface area contributed by atoms with E-state index in [4.69, 9.17) is 14.2 Å².